The van der Waals surface area contributed by atoms with Crippen LogP contribution in [-0.2, 0) is 15.3 Å². The molecule has 2 rings (SSSR count). The van der Waals surface area contributed by atoms with Crippen LogP contribution in [0.5, 0.6) is 11.5 Å². The zero-order valence-electron chi connectivity index (χ0n) is 18.7. The van der Waals surface area contributed by atoms with E-state index >= 15 is 0 Å². The van der Waals surface area contributed by atoms with Gasteiger partial charge in [-0.15, -0.1) is 11.6 Å². The molecule has 2 aromatic carbocycles. The first-order valence-corrected chi connectivity index (χ1v) is 13.5. The second-order valence-corrected chi connectivity index (χ2v) is 11.7. The van der Waals surface area contributed by atoms with Crippen LogP contribution in [0.3, 0.4) is 0 Å². The van der Waals surface area contributed by atoms with Crippen molar-refractivity contribution in [3.8, 4) is 11.5 Å². The van der Waals surface area contributed by atoms with E-state index < -0.39 is 33.2 Å². The number of benzene rings is 2. The molecular weight excluding hydrogens is 511 g/mol. The number of alkyl halides is 1. The SMILES string of the molecule is CCS(=O)(=O)C[C@H](O)COc1c(Cl)cc(C(C)(C)c2ccc(OC[C@@H](O)CCl)cc2)cc1Cl. The molecular formula is C23H29Cl3O6S. The van der Waals surface area contributed by atoms with Crippen molar-refractivity contribution in [2.45, 2.75) is 38.4 Å². The van der Waals surface area contributed by atoms with E-state index in [1.54, 1.807) is 12.1 Å². The van der Waals surface area contributed by atoms with Crippen LogP contribution in [0, 0.1) is 0 Å². The molecule has 10 heteroatoms. The smallest absolute Gasteiger partial charge is 0.156 e. The van der Waals surface area contributed by atoms with E-state index in [4.69, 9.17) is 44.3 Å². The molecule has 0 aliphatic rings. The summed E-state index contributed by atoms with van der Waals surface area (Å²) in [6.07, 6.45) is -1.92. The molecule has 6 nitrogen and oxygen atoms in total. The number of aliphatic hydroxyl groups excluding tert-OH is 2. The van der Waals surface area contributed by atoms with Gasteiger partial charge in [0.25, 0.3) is 0 Å². The Morgan fingerprint density at radius 2 is 1.48 bits per heavy atom. The van der Waals surface area contributed by atoms with Crippen molar-refractivity contribution in [3.05, 3.63) is 57.6 Å². The van der Waals surface area contributed by atoms with Crippen molar-refractivity contribution in [3.63, 3.8) is 0 Å². The highest BCUT2D eigenvalue weighted by Crippen LogP contribution is 2.40. The monoisotopic (exact) mass is 538 g/mol. The summed E-state index contributed by atoms with van der Waals surface area (Å²) in [5, 5.41) is 20.0. The summed E-state index contributed by atoms with van der Waals surface area (Å²) in [6.45, 7) is 5.41. The molecule has 2 atom stereocenters. The van der Waals surface area contributed by atoms with Crippen LogP contribution in [-0.4, -0.2) is 61.4 Å². The summed E-state index contributed by atoms with van der Waals surface area (Å²) in [5.41, 5.74) is 1.35. The van der Waals surface area contributed by atoms with Gasteiger partial charge >= 0.3 is 0 Å². The Bertz CT molecular complexity index is 1000. The van der Waals surface area contributed by atoms with Gasteiger partial charge in [-0.2, -0.15) is 0 Å². The van der Waals surface area contributed by atoms with Gasteiger partial charge in [0, 0.05) is 11.2 Å². The number of hydrogen-bond donors (Lipinski definition) is 2. The number of halogens is 3. The van der Waals surface area contributed by atoms with Crippen molar-refractivity contribution >= 4 is 44.6 Å². The normalized spacial score (nSPS) is 14.1. The Labute approximate surface area is 210 Å². The Morgan fingerprint density at radius 3 is 2.00 bits per heavy atom. The lowest BCUT2D eigenvalue weighted by molar-refractivity contribution is 0.125. The Hall–Kier alpha value is -1.22. The Kier molecular flexibility index (Phi) is 10.2. The van der Waals surface area contributed by atoms with E-state index in [1.165, 1.54) is 6.92 Å². The number of aliphatic hydroxyl groups is 2. The van der Waals surface area contributed by atoms with Crippen molar-refractivity contribution in [2.75, 3.05) is 30.6 Å². The van der Waals surface area contributed by atoms with Crippen molar-refractivity contribution < 1.29 is 28.1 Å². The molecule has 0 saturated carbocycles. The molecule has 2 aromatic rings. The highest BCUT2D eigenvalue weighted by atomic mass is 35.5. The van der Waals surface area contributed by atoms with Crippen LogP contribution in [0.15, 0.2) is 36.4 Å². The quantitative estimate of drug-likeness (QED) is 0.387. The van der Waals surface area contributed by atoms with Gasteiger partial charge in [0.05, 0.1) is 21.7 Å². The summed E-state index contributed by atoms with van der Waals surface area (Å²) in [4.78, 5) is 0. The zero-order chi connectivity index (χ0) is 24.8. The molecule has 0 fully saturated rings. The molecule has 0 aliphatic carbocycles. The van der Waals surface area contributed by atoms with E-state index in [0.29, 0.717) is 5.75 Å². The number of sulfone groups is 1. The standard InChI is InChI=1S/C23H29Cl3O6S/c1-4-33(29,30)14-18(28)13-32-22-20(25)9-16(10-21(22)26)23(2,3)15-5-7-19(8-6-15)31-12-17(27)11-24/h5-10,17-18,27-28H,4,11-14H2,1-3H3/t17-,18+/m0/s1. The minimum absolute atomic E-state index is 0.0577. The predicted molar refractivity (Wildman–Crippen MR) is 133 cm³/mol. The van der Waals surface area contributed by atoms with E-state index in [1.807, 2.05) is 38.1 Å². The highest BCUT2D eigenvalue weighted by Gasteiger charge is 2.26. The van der Waals surface area contributed by atoms with Gasteiger partial charge in [-0.3, -0.25) is 0 Å². The second-order valence-electron chi connectivity index (χ2n) is 8.20. The fourth-order valence-corrected chi connectivity index (χ4v) is 4.67. The summed E-state index contributed by atoms with van der Waals surface area (Å²) < 4.78 is 34.4. The number of rotatable bonds is 12. The Balaban J connectivity index is 2.15. The van der Waals surface area contributed by atoms with Crippen LogP contribution < -0.4 is 9.47 Å². The largest absolute Gasteiger partial charge is 0.491 e. The molecule has 0 aromatic heterocycles. The van der Waals surface area contributed by atoms with Crippen molar-refractivity contribution in [1.82, 2.24) is 0 Å². The fourth-order valence-electron chi connectivity index (χ4n) is 3.07. The third-order valence-electron chi connectivity index (χ3n) is 5.22. The Morgan fingerprint density at radius 1 is 0.939 bits per heavy atom. The van der Waals surface area contributed by atoms with E-state index in [-0.39, 0.29) is 40.6 Å². The number of hydrogen-bond acceptors (Lipinski definition) is 6. The zero-order valence-corrected chi connectivity index (χ0v) is 21.8. The van der Waals surface area contributed by atoms with Gasteiger partial charge in [-0.25, -0.2) is 8.42 Å². The van der Waals surface area contributed by atoms with E-state index in [2.05, 4.69) is 0 Å². The second kappa shape index (κ2) is 12.0. The van der Waals surface area contributed by atoms with Gasteiger partial charge in [-0.1, -0.05) is 56.1 Å². The molecule has 0 amide bonds. The average Bonchev–Trinajstić information content (AvgIpc) is 2.76. The predicted octanol–water partition coefficient (Wildman–Crippen LogP) is 4.47. The topological polar surface area (TPSA) is 93.1 Å². The van der Waals surface area contributed by atoms with Crippen LogP contribution in [0.4, 0.5) is 0 Å². The van der Waals surface area contributed by atoms with Gasteiger partial charge in [-0.05, 0) is 35.4 Å². The maximum Gasteiger partial charge on any atom is 0.156 e. The van der Waals surface area contributed by atoms with Gasteiger partial charge in [0.2, 0.25) is 0 Å². The van der Waals surface area contributed by atoms with Crippen LogP contribution in [0.1, 0.15) is 31.9 Å². The molecule has 0 unspecified atom stereocenters. The maximum atomic E-state index is 11.7. The van der Waals surface area contributed by atoms with Gasteiger partial charge in [0.15, 0.2) is 15.6 Å². The summed E-state index contributed by atoms with van der Waals surface area (Å²) in [6, 6.07) is 10.9. The lowest BCUT2D eigenvalue weighted by atomic mass is 9.78. The van der Waals surface area contributed by atoms with Crippen LogP contribution in [0.25, 0.3) is 0 Å². The third kappa shape index (κ3) is 7.91. The molecule has 0 radical (unpaired) electrons. The summed E-state index contributed by atoms with van der Waals surface area (Å²) in [5.74, 6) is 0.449. The molecule has 0 heterocycles. The minimum Gasteiger partial charge on any atom is -0.491 e. The minimum atomic E-state index is -3.34. The highest BCUT2D eigenvalue weighted by molar-refractivity contribution is 7.91. The molecule has 0 saturated heterocycles. The molecule has 0 bridgehead atoms. The first-order chi connectivity index (χ1) is 15.4. The molecule has 33 heavy (non-hydrogen) atoms. The molecule has 0 spiro atoms. The third-order valence-corrected chi connectivity index (χ3v) is 7.91. The fraction of sp³-hybridized carbons (Fsp3) is 0.478. The van der Waals surface area contributed by atoms with E-state index in [9.17, 15) is 18.6 Å². The van der Waals surface area contributed by atoms with Crippen LogP contribution in [0.2, 0.25) is 10.0 Å². The number of ether oxygens (including phenoxy) is 2. The first kappa shape index (κ1) is 28.0. The maximum absolute atomic E-state index is 11.7. The lowest BCUT2D eigenvalue weighted by Gasteiger charge is -2.27. The van der Waals surface area contributed by atoms with Crippen molar-refractivity contribution in [1.29, 1.82) is 0 Å². The molecule has 2 N–H and O–H groups in total. The molecule has 184 valence electrons. The van der Waals surface area contributed by atoms with Crippen LogP contribution >= 0.6 is 34.8 Å². The molecule has 0 aliphatic heterocycles. The lowest BCUT2D eigenvalue weighted by Crippen LogP contribution is -2.28. The van der Waals surface area contributed by atoms with E-state index in [0.717, 1.165) is 11.1 Å². The summed E-state index contributed by atoms with van der Waals surface area (Å²) >= 11 is 18.4. The first-order valence-electron chi connectivity index (χ1n) is 10.4. The van der Waals surface area contributed by atoms with Gasteiger partial charge < -0.3 is 19.7 Å². The van der Waals surface area contributed by atoms with Crippen molar-refractivity contribution in [2.24, 2.45) is 0 Å². The average molecular weight is 540 g/mol. The van der Waals surface area contributed by atoms with Gasteiger partial charge in [0.1, 0.15) is 31.2 Å². The summed E-state index contributed by atoms with van der Waals surface area (Å²) in [7, 11) is -3.34.